The Bertz CT molecular complexity index is 647. The molecule has 2 rings (SSSR count). The molecule has 6 nitrogen and oxygen atoms in total. The van der Waals surface area contributed by atoms with E-state index in [9.17, 15) is 4.79 Å². The second-order valence-corrected chi connectivity index (χ2v) is 8.21. The Hall–Kier alpha value is -2.24. The predicted molar refractivity (Wildman–Crippen MR) is 118 cm³/mol. The van der Waals surface area contributed by atoms with Gasteiger partial charge >= 0.3 is 0 Å². The van der Waals surface area contributed by atoms with E-state index in [-0.39, 0.29) is 5.91 Å². The molecular weight excluding hydrogens is 350 g/mol. The molecular formula is C22H37N5O. The highest BCUT2D eigenvalue weighted by molar-refractivity contribution is 5.84. The number of amides is 1. The number of nitrogens with zero attached hydrogens (tertiary/aromatic N) is 3. The minimum Gasteiger partial charge on any atom is -0.372 e. The van der Waals surface area contributed by atoms with Crippen LogP contribution >= 0.6 is 0 Å². The fourth-order valence-corrected chi connectivity index (χ4v) is 3.48. The van der Waals surface area contributed by atoms with E-state index in [1.54, 1.807) is 7.05 Å². The lowest BCUT2D eigenvalue weighted by Gasteiger charge is -2.29. The first kappa shape index (κ1) is 22.1. The predicted octanol–water partition coefficient (Wildman–Crippen LogP) is 2.85. The summed E-state index contributed by atoms with van der Waals surface area (Å²) in [5.74, 6) is 0.839. The van der Waals surface area contributed by atoms with E-state index in [4.69, 9.17) is 0 Å². The van der Waals surface area contributed by atoms with Crippen molar-refractivity contribution in [2.45, 2.75) is 46.6 Å². The maximum absolute atomic E-state index is 12.2. The van der Waals surface area contributed by atoms with Gasteiger partial charge in [0, 0.05) is 52.5 Å². The van der Waals surface area contributed by atoms with E-state index in [1.165, 1.54) is 30.5 Å². The molecule has 0 saturated carbocycles. The summed E-state index contributed by atoms with van der Waals surface area (Å²) in [5, 5.41) is 6.23. The standard InChI is InChI=1S/C22H37N5O/c1-6-24-20(28)22(2,3)17-25-21(23-4)26(5)16-18-10-12-19(13-11-18)27-14-8-7-9-15-27/h10-13H,6-9,14-17H2,1-5H3,(H,23,25)(H,24,28). The third kappa shape index (κ3) is 6.14. The van der Waals surface area contributed by atoms with Crippen molar-refractivity contribution in [3.05, 3.63) is 29.8 Å². The molecule has 1 aliphatic rings. The number of benzene rings is 1. The molecule has 1 fully saturated rings. The molecule has 1 aliphatic heterocycles. The van der Waals surface area contributed by atoms with Crippen LogP contribution in [0, 0.1) is 5.41 Å². The third-order valence-electron chi connectivity index (χ3n) is 5.29. The number of hydrogen-bond donors (Lipinski definition) is 2. The Morgan fingerprint density at radius 2 is 1.79 bits per heavy atom. The Morgan fingerprint density at radius 1 is 1.14 bits per heavy atom. The van der Waals surface area contributed by atoms with Crippen molar-refractivity contribution in [2.24, 2.45) is 10.4 Å². The first-order valence-corrected chi connectivity index (χ1v) is 10.4. The molecule has 1 aromatic rings. The number of carbonyl (C=O) groups excluding carboxylic acids is 1. The molecule has 0 spiro atoms. The van der Waals surface area contributed by atoms with Gasteiger partial charge in [-0.1, -0.05) is 12.1 Å². The zero-order valence-electron chi connectivity index (χ0n) is 18.2. The molecule has 1 heterocycles. The minimum atomic E-state index is -0.497. The molecule has 0 aromatic heterocycles. The van der Waals surface area contributed by atoms with Crippen molar-refractivity contribution in [1.82, 2.24) is 15.5 Å². The third-order valence-corrected chi connectivity index (χ3v) is 5.29. The van der Waals surface area contributed by atoms with Crippen LogP contribution in [-0.4, -0.2) is 57.0 Å². The lowest BCUT2D eigenvalue weighted by Crippen LogP contribution is -2.48. The molecule has 1 saturated heterocycles. The number of guanidine groups is 1. The van der Waals surface area contributed by atoms with Crippen molar-refractivity contribution in [3.8, 4) is 0 Å². The minimum absolute atomic E-state index is 0.0499. The molecule has 1 amide bonds. The first-order chi connectivity index (χ1) is 13.4. The lowest BCUT2D eigenvalue weighted by atomic mass is 9.92. The highest BCUT2D eigenvalue weighted by Gasteiger charge is 2.27. The van der Waals surface area contributed by atoms with Crippen LogP contribution in [0.15, 0.2) is 29.3 Å². The highest BCUT2D eigenvalue weighted by atomic mass is 16.2. The van der Waals surface area contributed by atoms with Crippen LogP contribution in [0.25, 0.3) is 0 Å². The summed E-state index contributed by atoms with van der Waals surface area (Å²) >= 11 is 0. The van der Waals surface area contributed by atoms with Gasteiger partial charge in [-0.05, 0) is 57.7 Å². The molecule has 0 radical (unpaired) electrons. The number of hydrogen-bond acceptors (Lipinski definition) is 3. The Morgan fingerprint density at radius 3 is 2.36 bits per heavy atom. The van der Waals surface area contributed by atoms with Gasteiger partial charge < -0.3 is 20.4 Å². The maximum Gasteiger partial charge on any atom is 0.227 e. The molecule has 6 heteroatoms. The Labute approximate surface area is 170 Å². The zero-order chi connectivity index (χ0) is 20.6. The lowest BCUT2D eigenvalue weighted by molar-refractivity contribution is -0.128. The fraction of sp³-hybridized carbons (Fsp3) is 0.636. The van der Waals surface area contributed by atoms with Crippen LogP contribution in [0.5, 0.6) is 0 Å². The monoisotopic (exact) mass is 387 g/mol. The van der Waals surface area contributed by atoms with Crippen LogP contribution in [0.2, 0.25) is 0 Å². The summed E-state index contributed by atoms with van der Waals surface area (Å²) < 4.78 is 0. The molecule has 28 heavy (non-hydrogen) atoms. The van der Waals surface area contributed by atoms with Gasteiger partial charge in [0.05, 0.1) is 5.41 Å². The van der Waals surface area contributed by atoms with Gasteiger partial charge in [-0.3, -0.25) is 9.79 Å². The molecule has 1 aromatic carbocycles. The molecule has 0 unspecified atom stereocenters. The molecule has 0 aliphatic carbocycles. The molecule has 0 bridgehead atoms. The highest BCUT2D eigenvalue weighted by Crippen LogP contribution is 2.20. The Balaban J connectivity index is 1.90. The van der Waals surface area contributed by atoms with Gasteiger partial charge in [-0.25, -0.2) is 0 Å². The van der Waals surface area contributed by atoms with Gasteiger partial charge in [-0.15, -0.1) is 0 Å². The van der Waals surface area contributed by atoms with Gasteiger partial charge in [0.25, 0.3) is 0 Å². The zero-order valence-corrected chi connectivity index (χ0v) is 18.2. The molecule has 2 N–H and O–H groups in total. The van der Waals surface area contributed by atoms with E-state index in [1.807, 2.05) is 27.8 Å². The van der Waals surface area contributed by atoms with E-state index in [0.717, 1.165) is 25.6 Å². The van der Waals surface area contributed by atoms with Crippen molar-refractivity contribution >= 4 is 17.6 Å². The quantitative estimate of drug-likeness (QED) is 0.558. The average molecular weight is 388 g/mol. The van der Waals surface area contributed by atoms with E-state index in [0.29, 0.717) is 13.1 Å². The second-order valence-electron chi connectivity index (χ2n) is 8.21. The topological polar surface area (TPSA) is 60.0 Å². The van der Waals surface area contributed by atoms with Crippen LogP contribution in [-0.2, 0) is 11.3 Å². The second kappa shape index (κ2) is 10.3. The van der Waals surface area contributed by atoms with Crippen molar-refractivity contribution < 1.29 is 4.79 Å². The maximum atomic E-state index is 12.2. The molecule has 0 atom stereocenters. The van der Waals surface area contributed by atoms with Crippen LogP contribution in [0.3, 0.4) is 0 Å². The summed E-state index contributed by atoms with van der Waals surface area (Å²) in [5.41, 5.74) is 2.06. The van der Waals surface area contributed by atoms with E-state index >= 15 is 0 Å². The van der Waals surface area contributed by atoms with Gasteiger partial charge in [0.15, 0.2) is 5.96 Å². The first-order valence-electron chi connectivity index (χ1n) is 10.4. The average Bonchev–Trinajstić information content (AvgIpc) is 2.70. The smallest absolute Gasteiger partial charge is 0.227 e. The summed E-state index contributed by atoms with van der Waals surface area (Å²) in [7, 11) is 3.80. The van der Waals surface area contributed by atoms with Crippen molar-refractivity contribution in [1.29, 1.82) is 0 Å². The summed E-state index contributed by atoms with van der Waals surface area (Å²) in [4.78, 5) is 21.1. The van der Waals surface area contributed by atoms with E-state index < -0.39 is 5.41 Å². The van der Waals surface area contributed by atoms with Crippen molar-refractivity contribution in [3.63, 3.8) is 0 Å². The van der Waals surface area contributed by atoms with Crippen LogP contribution < -0.4 is 15.5 Å². The summed E-state index contributed by atoms with van der Waals surface area (Å²) in [6.45, 7) is 10.1. The van der Waals surface area contributed by atoms with Crippen LogP contribution in [0.1, 0.15) is 45.6 Å². The number of rotatable bonds is 7. The number of carbonyl (C=O) groups is 1. The largest absolute Gasteiger partial charge is 0.372 e. The number of nitrogens with one attached hydrogen (secondary N) is 2. The van der Waals surface area contributed by atoms with Gasteiger partial charge in [0.1, 0.15) is 0 Å². The van der Waals surface area contributed by atoms with Gasteiger partial charge in [-0.2, -0.15) is 0 Å². The SMILES string of the molecule is CCNC(=O)C(C)(C)CNC(=NC)N(C)Cc1ccc(N2CCCCC2)cc1. The van der Waals surface area contributed by atoms with Gasteiger partial charge in [0.2, 0.25) is 5.91 Å². The number of anilines is 1. The Kier molecular flexibility index (Phi) is 8.15. The van der Waals surface area contributed by atoms with E-state index in [2.05, 4.69) is 49.7 Å². The summed E-state index contributed by atoms with van der Waals surface area (Å²) in [6, 6.07) is 8.85. The van der Waals surface area contributed by atoms with Crippen molar-refractivity contribution in [2.75, 3.05) is 45.2 Å². The molecule has 156 valence electrons. The number of aliphatic imine (C=N–C) groups is 1. The summed E-state index contributed by atoms with van der Waals surface area (Å²) in [6.07, 6.45) is 3.93. The normalized spacial score (nSPS) is 15.3. The fourth-order valence-electron chi connectivity index (χ4n) is 3.48. The van der Waals surface area contributed by atoms with Crippen LogP contribution in [0.4, 0.5) is 5.69 Å². The number of piperidine rings is 1.